The molecule has 0 bridgehead atoms. The van der Waals surface area contributed by atoms with Gasteiger partial charge in [0.1, 0.15) is 5.76 Å². The number of furan rings is 1. The van der Waals surface area contributed by atoms with Crippen LogP contribution in [0.25, 0.3) is 0 Å². The van der Waals surface area contributed by atoms with Crippen LogP contribution < -0.4 is 10.6 Å². The van der Waals surface area contributed by atoms with Crippen molar-refractivity contribution < 1.29 is 4.42 Å². The van der Waals surface area contributed by atoms with Gasteiger partial charge in [-0.3, -0.25) is 0 Å². The molecule has 1 aromatic carbocycles. The quantitative estimate of drug-likeness (QED) is 0.385. The third-order valence-electron chi connectivity index (χ3n) is 4.45. The van der Waals surface area contributed by atoms with E-state index in [2.05, 4.69) is 34.9 Å². The van der Waals surface area contributed by atoms with Gasteiger partial charge in [0.25, 0.3) is 0 Å². The molecule has 1 aromatic heterocycles. The summed E-state index contributed by atoms with van der Waals surface area (Å²) in [4.78, 5) is 4.77. The molecule has 0 aliphatic heterocycles. The van der Waals surface area contributed by atoms with Crippen LogP contribution in [0.2, 0.25) is 0 Å². The van der Waals surface area contributed by atoms with Gasteiger partial charge in [0.2, 0.25) is 0 Å². The normalized spacial score (nSPS) is 15.4. The molecule has 5 heteroatoms. The number of nitrogens with one attached hydrogen (secondary N) is 2. The fourth-order valence-electron chi connectivity index (χ4n) is 3.11. The predicted molar refractivity (Wildman–Crippen MR) is 113 cm³/mol. The Morgan fingerprint density at radius 3 is 2.56 bits per heavy atom. The number of aliphatic imine (C=N–C) groups is 1. The predicted octanol–water partition coefficient (Wildman–Crippen LogP) is 4.51. The fourth-order valence-corrected chi connectivity index (χ4v) is 3.11. The summed E-state index contributed by atoms with van der Waals surface area (Å²) in [5.74, 6) is 1.92. The molecule has 1 aliphatic carbocycles. The van der Waals surface area contributed by atoms with E-state index in [1.54, 1.807) is 6.26 Å². The van der Waals surface area contributed by atoms with Crippen LogP contribution in [0.15, 0.2) is 58.1 Å². The van der Waals surface area contributed by atoms with Crippen LogP contribution in [-0.2, 0) is 13.0 Å². The van der Waals surface area contributed by atoms with Gasteiger partial charge in [-0.2, -0.15) is 0 Å². The van der Waals surface area contributed by atoms with Crippen molar-refractivity contribution in [1.82, 2.24) is 10.6 Å². The zero-order valence-electron chi connectivity index (χ0n) is 14.6. The van der Waals surface area contributed by atoms with Gasteiger partial charge >= 0.3 is 0 Å². The first kappa shape index (κ1) is 19.8. The first-order chi connectivity index (χ1) is 11.9. The van der Waals surface area contributed by atoms with E-state index in [0.29, 0.717) is 12.6 Å². The van der Waals surface area contributed by atoms with E-state index in [1.807, 2.05) is 18.2 Å². The molecule has 1 aliphatic rings. The summed E-state index contributed by atoms with van der Waals surface area (Å²) in [6.45, 7) is 1.52. The smallest absolute Gasteiger partial charge is 0.191 e. The molecule has 0 radical (unpaired) electrons. The number of halogens is 1. The van der Waals surface area contributed by atoms with Crippen molar-refractivity contribution in [2.45, 2.75) is 51.1 Å². The molecule has 0 amide bonds. The van der Waals surface area contributed by atoms with E-state index < -0.39 is 0 Å². The number of hydrogen-bond donors (Lipinski definition) is 2. The maximum atomic E-state index is 5.39. The maximum Gasteiger partial charge on any atom is 0.191 e. The van der Waals surface area contributed by atoms with Crippen molar-refractivity contribution in [1.29, 1.82) is 0 Å². The highest BCUT2D eigenvalue weighted by Gasteiger charge is 2.14. The SMILES string of the molecule is I.c1ccc(CN=C(NCCc2ccco2)NC2CCCCC2)cc1. The van der Waals surface area contributed by atoms with Crippen molar-refractivity contribution in [2.24, 2.45) is 4.99 Å². The van der Waals surface area contributed by atoms with Crippen LogP contribution in [-0.4, -0.2) is 18.5 Å². The minimum Gasteiger partial charge on any atom is -0.469 e. The first-order valence-electron chi connectivity index (χ1n) is 9.01. The van der Waals surface area contributed by atoms with Gasteiger partial charge in [-0.05, 0) is 30.5 Å². The maximum absolute atomic E-state index is 5.39. The number of nitrogens with zero attached hydrogens (tertiary/aromatic N) is 1. The molecule has 0 saturated heterocycles. The molecule has 1 saturated carbocycles. The second kappa shape index (κ2) is 11.2. The van der Waals surface area contributed by atoms with Gasteiger partial charge in [0.05, 0.1) is 12.8 Å². The minimum absolute atomic E-state index is 0. The topological polar surface area (TPSA) is 49.6 Å². The van der Waals surface area contributed by atoms with Crippen LogP contribution in [0.5, 0.6) is 0 Å². The third kappa shape index (κ3) is 7.10. The Hall–Kier alpha value is -1.50. The number of benzene rings is 1. The van der Waals surface area contributed by atoms with E-state index in [1.165, 1.54) is 37.7 Å². The zero-order valence-corrected chi connectivity index (χ0v) is 16.9. The Labute approximate surface area is 167 Å². The molecule has 2 aromatic rings. The summed E-state index contributed by atoms with van der Waals surface area (Å²) in [5, 5.41) is 7.07. The molecule has 1 fully saturated rings. The number of rotatable bonds is 6. The summed E-state index contributed by atoms with van der Waals surface area (Å²) in [5.41, 5.74) is 1.23. The van der Waals surface area contributed by atoms with Gasteiger partial charge in [-0.15, -0.1) is 24.0 Å². The van der Waals surface area contributed by atoms with Gasteiger partial charge in [0, 0.05) is 19.0 Å². The molecule has 1 heterocycles. The van der Waals surface area contributed by atoms with Crippen molar-refractivity contribution in [3.63, 3.8) is 0 Å². The van der Waals surface area contributed by atoms with Crippen LogP contribution in [0.4, 0.5) is 0 Å². The van der Waals surface area contributed by atoms with E-state index in [4.69, 9.17) is 9.41 Å². The van der Waals surface area contributed by atoms with E-state index >= 15 is 0 Å². The van der Waals surface area contributed by atoms with Crippen molar-refractivity contribution in [2.75, 3.05) is 6.54 Å². The van der Waals surface area contributed by atoms with Gasteiger partial charge < -0.3 is 15.1 Å². The number of hydrogen-bond acceptors (Lipinski definition) is 2. The zero-order chi connectivity index (χ0) is 16.5. The highest BCUT2D eigenvalue weighted by Crippen LogP contribution is 2.17. The Kier molecular flexibility index (Phi) is 8.86. The molecule has 25 heavy (non-hydrogen) atoms. The molecule has 0 spiro atoms. The molecular formula is C20H28IN3O. The van der Waals surface area contributed by atoms with E-state index in [-0.39, 0.29) is 24.0 Å². The average molecular weight is 453 g/mol. The molecule has 136 valence electrons. The largest absolute Gasteiger partial charge is 0.469 e. The summed E-state index contributed by atoms with van der Waals surface area (Å²) >= 11 is 0. The van der Waals surface area contributed by atoms with Crippen molar-refractivity contribution >= 4 is 29.9 Å². The minimum atomic E-state index is 0. The molecule has 2 N–H and O–H groups in total. The van der Waals surface area contributed by atoms with Crippen LogP contribution in [0.3, 0.4) is 0 Å². The standard InChI is InChI=1S/C20H27N3O.HI/c1-3-8-17(9-4-1)16-22-20(23-18-10-5-2-6-11-18)21-14-13-19-12-7-15-24-19;/h1,3-4,7-9,12,15,18H,2,5-6,10-11,13-14,16H2,(H2,21,22,23);1H. The van der Waals surface area contributed by atoms with Crippen LogP contribution in [0.1, 0.15) is 43.4 Å². The highest BCUT2D eigenvalue weighted by molar-refractivity contribution is 14.0. The first-order valence-corrected chi connectivity index (χ1v) is 9.01. The van der Waals surface area contributed by atoms with Crippen molar-refractivity contribution in [3.8, 4) is 0 Å². The lowest BCUT2D eigenvalue weighted by Crippen LogP contribution is -2.44. The third-order valence-corrected chi connectivity index (χ3v) is 4.45. The molecule has 3 rings (SSSR count). The second-order valence-corrected chi connectivity index (χ2v) is 6.39. The average Bonchev–Trinajstić information content (AvgIpc) is 3.15. The summed E-state index contributed by atoms with van der Waals surface area (Å²) in [6.07, 6.45) is 9.06. The lowest BCUT2D eigenvalue weighted by Gasteiger charge is -2.25. The lowest BCUT2D eigenvalue weighted by molar-refractivity contribution is 0.409. The van der Waals surface area contributed by atoms with Crippen LogP contribution in [0, 0.1) is 0 Å². The lowest BCUT2D eigenvalue weighted by atomic mass is 9.96. The summed E-state index contributed by atoms with van der Waals surface area (Å²) in [6, 6.07) is 14.9. The Morgan fingerprint density at radius 1 is 1.04 bits per heavy atom. The highest BCUT2D eigenvalue weighted by atomic mass is 127. The van der Waals surface area contributed by atoms with Gasteiger partial charge in [-0.1, -0.05) is 49.6 Å². The second-order valence-electron chi connectivity index (χ2n) is 6.39. The Bertz CT molecular complexity index is 607. The molecule has 0 unspecified atom stereocenters. The Morgan fingerprint density at radius 2 is 1.84 bits per heavy atom. The summed E-state index contributed by atoms with van der Waals surface area (Å²) < 4.78 is 5.39. The van der Waals surface area contributed by atoms with Gasteiger partial charge in [0.15, 0.2) is 5.96 Å². The van der Waals surface area contributed by atoms with Gasteiger partial charge in [-0.25, -0.2) is 4.99 Å². The molecule has 0 atom stereocenters. The van der Waals surface area contributed by atoms with Crippen LogP contribution >= 0.6 is 24.0 Å². The van der Waals surface area contributed by atoms with Crippen molar-refractivity contribution in [3.05, 3.63) is 60.1 Å². The van der Waals surface area contributed by atoms with E-state index in [9.17, 15) is 0 Å². The monoisotopic (exact) mass is 453 g/mol. The molecular weight excluding hydrogens is 425 g/mol. The Balaban J connectivity index is 0.00000225. The number of guanidine groups is 1. The summed E-state index contributed by atoms with van der Waals surface area (Å²) in [7, 11) is 0. The van der Waals surface area contributed by atoms with E-state index in [0.717, 1.165) is 24.7 Å². The molecule has 4 nitrogen and oxygen atoms in total. The fraction of sp³-hybridized carbons (Fsp3) is 0.450.